The van der Waals surface area contributed by atoms with Gasteiger partial charge in [-0.1, -0.05) is 0 Å². The molecule has 0 spiro atoms. The van der Waals surface area contributed by atoms with Crippen LogP contribution in [0.5, 0.6) is 0 Å². The Balaban J connectivity index is -0.000000125. The summed E-state index contributed by atoms with van der Waals surface area (Å²) in [7, 11) is 0. The zero-order valence-electron chi connectivity index (χ0n) is 4.93. The summed E-state index contributed by atoms with van der Waals surface area (Å²) in [6, 6.07) is 1.72. The average Bonchev–Trinajstić information content (AvgIpc) is 1.35. The molecule has 0 fully saturated rings. The van der Waals surface area contributed by atoms with Crippen molar-refractivity contribution in [2.24, 2.45) is 5.73 Å². The van der Waals surface area contributed by atoms with Crippen LogP contribution in [-0.2, 0) is 4.79 Å². The van der Waals surface area contributed by atoms with Gasteiger partial charge in [0.05, 0.1) is 0 Å². The molecule has 0 aliphatic carbocycles. The summed E-state index contributed by atoms with van der Waals surface area (Å²) < 4.78 is 0. The molecule has 7 heavy (non-hydrogen) atoms. The SMILES string of the molecule is NC#CC(=O)O.[H-].[Na+]. The van der Waals surface area contributed by atoms with Crippen molar-refractivity contribution >= 4 is 5.97 Å². The monoisotopic (exact) mass is 109 g/mol. The maximum Gasteiger partial charge on any atom is 1.00 e. The molecule has 4 heteroatoms. The normalized spacial score (nSPS) is 4.57. The van der Waals surface area contributed by atoms with Gasteiger partial charge in [-0.05, 0) is 0 Å². The average molecular weight is 109 g/mol. The van der Waals surface area contributed by atoms with Gasteiger partial charge in [0, 0.05) is 12.0 Å². The summed E-state index contributed by atoms with van der Waals surface area (Å²) in [6.45, 7) is 0. The fourth-order valence-corrected chi connectivity index (χ4v) is 0.0617. The van der Waals surface area contributed by atoms with E-state index in [1.165, 1.54) is 0 Å². The van der Waals surface area contributed by atoms with Gasteiger partial charge in [0.2, 0.25) is 0 Å². The molecule has 0 saturated carbocycles. The van der Waals surface area contributed by atoms with E-state index in [2.05, 4.69) is 5.73 Å². The first kappa shape index (κ1) is 9.95. The van der Waals surface area contributed by atoms with Crippen molar-refractivity contribution in [1.82, 2.24) is 0 Å². The fraction of sp³-hybridized carbons (Fsp3) is 0. The Morgan fingerprint density at radius 3 is 2.29 bits per heavy atom. The van der Waals surface area contributed by atoms with Crippen molar-refractivity contribution in [3.05, 3.63) is 0 Å². The molecule has 0 aromatic rings. The van der Waals surface area contributed by atoms with Crippen LogP contribution in [0.4, 0.5) is 0 Å². The number of carbonyl (C=O) groups is 1. The predicted octanol–water partition coefficient (Wildman–Crippen LogP) is -3.89. The van der Waals surface area contributed by atoms with Crippen molar-refractivity contribution in [2.45, 2.75) is 0 Å². The number of rotatable bonds is 0. The Morgan fingerprint density at radius 2 is 2.29 bits per heavy atom. The first-order valence-corrected chi connectivity index (χ1v) is 1.22. The van der Waals surface area contributed by atoms with Gasteiger partial charge in [0.25, 0.3) is 0 Å². The van der Waals surface area contributed by atoms with Gasteiger partial charge in [-0.15, -0.1) is 0 Å². The van der Waals surface area contributed by atoms with Gasteiger partial charge < -0.3 is 12.3 Å². The smallest absolute Gasteiger partial charge is 1.00 e. The maximum atomic E-state index is 9.35. The molecule has 0 heterocycles. The Kier molecular flexibility index (Phi) is 8.29. The van der Waals surface area contributed by atoms with Gasteiger partial charge in [-0.25, -0.2) is 4.79 Å². The number of hydrogen-bond acceptors (Lipinski definition) is 2. The quantitative estimate of drug-likeness (QED) is 0.190. The van der Waals surface area contributed by atoms with E-state index in [1.807, 2.05) is 0 Å². The van der Waals surface area contributed by atoms with Crippen LogP contribution in [0, 0.1) is 12.0 Å². The summed E-state index contributed by atoms with van der Waals surface area (Å²) >= 11 is 0. The van der Waals surface area contributed by atoms with E-state index in [-0.39, 0.29) is 31.0 Å². The minimum absolute atomic E-state index is 0. The third kappa shape index (κ3) is 10.7. The molecule has 34 valence electrons. The predicted molar refractivity (Wildman–Crippen MR) is 20.7 cm³/mol. The molecule has 0 aromatic heterocycles. The topological polar surface area (TPSA) is 63.3 Å². The van der Waals surface area contributed by atoms with Gasteiger partial charge >= 0.3 is 35.5 Å². The van der Waals surface area contributed by atoms with E-state index in [0.29, 0.717) is 0 Å². The van der Waals surface area contributed by atoms with Crippen molar-refractivity contribution in [3.8, 4) is 12.0 Å². The third-order valence-corrected chi connectivity index (χ3v) is 0.179. The van der Waals surface area contributed by atoms with Crippen LogP contribution < -0.4 is 35.3 Å². The Labute approximate surface area is 64.7 Å². The summed E-state index contributed by atoms with van der Waals surface area (Å²) in [5.41, 5.74) is 4.49. The van der Waals surface area contributed by atoms with Crippen LogP contribution in [0.25, 0.3) is 0 Å². The van der Waals surface area contributed by atoms with Gasteiger partial charge in [-0.3, -0.25) is 0 Å². The number of carboxylic acid groups (broad SMARTS) is 1. The van der Waals surface area contributed by atoms with Crippen molar-refractivity contribution in [3.63, 3.8) is 0 Å². The van der Waals surface area contributed by atoms with Crippen LogP contribution >= 0.6 is 0 Å². The van der Waals surface area contributed by atoms with Gasteiger partial charge in [0.1, 0.15) is 0 Å². The molecule has 0 aliphatic heterocycles. The van der Waals surface area contributed by atoms with Crippen molar-refractivity contribution < 1.29 is 40.9 Å². The molecule has 0 aromatic carbocycles. The van der Waals surface area contributed by atoms with Gasteiger partial charge in [-0.2, -0.15) is 0 Å². The molecule has 3 N–H and O–H groups in total. The van der Waals surface area contributed by atoms with E-state index in [1.54, 1.807) is 12.0 Å². The zero-order chi connectivity index (χ0) is 4.99. The second-order valence-electron chi connectivity index (χ2n) is 0.574. The first-order chi connectivity index (χ1) is 2.77. The molecule has 0 rings (SSSR count). The molecule has 3 nitrogen and oxygen atoms in total. The van der Waals surface area contributed by atoms with Crippen LogP contribution in [0.1, 0.15) is 1.43 Å². The molecule has 0 atom stereocenters. The molecular weight excluding hydrogens is 105 g/mol. The number of nitrogens with two attached hydrogens (primary N) is 1. The van der Waals surface area contributed by atoms with Crippen LogP contribution in [0.3, 0.4) is 0 Å². The summed E-state index contributed by atoms with van der Waals surface area (Å²) in [5, 5.41) is 7.66. The van der Waals surface area contributed by atoms with Crippen LogP contribution in [0.2, 0.25) is 0 Å². The number of carboxylic acids is 1. The van der Waals surface area contributed by atoms with E-state index >= 15 is 0 Å². The summed E-state index contributed by atoms with van der Waals surface area (Å²) in [5.74, 6) is 0.456. The van der Waals surface area contributed by atoms with Crippen LogP contribution in [0.15, 0.2) is 0 Å². The van der Waals surface area contributed by atoms with Crippen LogP contribution in [-0.4, -0.2) is 11.1 Å². The zero-order valence-corrected chi connectivity index (χ0v) is 5.93. The summed E-state index contributed by atoms with van der Waals surface area (Å²) in [4.78, 5) is 9.35. The molecule has 0 amide bonds. The first-order valence-electron chi connectivity index (χ1n) is 1.22. The molecule has 0 unspecified atom stereocenters. The molecule has 0 aliphatic rings. The van der Waals surface area contributed by atoms with E-state index in [9.17, 15) is 4.79 Å². The van der Waals surface area contributed by atoms with Crippen molar-refractivity contribution in [2.75, 3.05) is 0 Å². The minimum atomic E-state index is -1.20. The molecule has 0 bridgehead atoms. The van der Waals surface area contributed by atoms with E-state index in [4.69, 9.17) is 5.11 Å². The van der Waals surface area contributed by atoms with E-state index in [0.717, 1.165) is 0 Å². The van der Waals surface area contributed by atoms with Crippen molar-refractivity contribution in [1.29, 1.82) is 0 Å². The Bertz CT molecular complexity index is 116. The Morgan fingerprint density at radius 1 is 1.86 bits per heavy atom. The van der Waals surface area contributed by atoms with Gasteiger partial charge in [0.15, 0.2) is 0 Å². The molecule has 0 radical (unpaired) electrons. The second-order valence-corrected chi connectivity index (χ2v) is 0.574. The maximum absolute atomic E-state index is 9.35. The Hall–Kier alpha value is -0.170. The summed E-state index contributed by atoms with van der Waals surface area (Å²) in [6.07, 6.45) is 0. The largest absolute Gasteiger partial charge is 1.00 e. The van der Waals surface area contributed by atoms with E-state index < -0.39 is 5.97 Å². The number of hydrogen-bond donors (Lipinski definition) is 2. The number of aliphatic carboxylic acids is 1. The standard InChI is InChI=1S/C3H3NO2.Na.H/c4-2-1-3(5)6;;/h4H2,(H,5,6);;/q;+1;-1. The molecular formula is C3H4NNaO2. The fourth-order valence-electron chi connectivity index (χ4n) is 0.0617. The second kappa shape index (κ2) is 5.83. The minimum Gasteiger partial charge on any atom is -1.00 e. The third-order valence-electron chi connectivity index (χ3n) is 0.179. The molecule has 0 saturated heterocycles.